The molecule has 3 N–H and O–H groups in total. The first-order chi connectivity index (χ1) is 27.4. The van der Waals surface area contributed by atoms with Crippen molar-refractivity contribution in [3.63, 3.8) is 0 Å². The van der Waals surface area contributed by atoms with Crippen molar-refractivity contribution in [2.75, 3.05) is 57.4 Å². The number of nitrogens with zero attached hydrogens (tertiary/aromatic N) is 2. The van der Waals surface area contributed by atoms with Gasteiger partial charge >= 0.3 is 5.97 Å². The lowest BCUT2D eigenvalue weighted by Gasteiger charge is -2.30. The highest BCUT2D eigenvalue weighted by Gasteiger charge is 2.48. The fourth-order valence-electron chi connectivity index (χ4n) is 7.91. The van der Waals surface area contributed by atoms with Gasteiger partial charge in [-0.2, -0.15) is 38.2 Å². The molecule has 2 aromatic rings. The Labute approximate surface area is 347 Å². The van der Waals surface area contributed by atoms with Crippen molar-refractivity contribution in [3.8, 4) is 0 Å². The van der Waals surface area contributed by atoms with E-state index in [1.54, 1.807) is 31.2 Å². The number of hydrogen-bond donors (Lipinski definition) is 3. The molecule has 59 heavy (non-hydrogen) atoms. The molecule has 2 heterocycles. The number of carbonyl (C=O) groups is 1. The summed E-state index contributed by atoms with van der Waals surface area (Å²) in [6.07, 6.45) is 7.29. The summed E-state index contributed by atoms with van der Waals surface area (Å²) in [6, 6.07) is 8.73. The van der Waals surface area contributed by atoms with Crippen LogP contribution in [-0.2, 0) is 69.2 Å². The average molecular weight is 906 g/mol. The lowest BCUT2D eigenvalue weighted by Crippen LogP contribution is -2.32. The third-order valence-electron chi connectivity index (χ3n) is 10.9. The molecule has 2 unspecified atom stereocenters. The number of hydrogen-bond acceptors (Lipinski definition) is 13. The zero-order chi connectivity index (χ0) is 44.0. The van der Waals surface area contributed by atoms with Crippen molar-refractivity contribution < 1.29 is 70.4 Å². The fourth-order valence-corrected chi connectivity index (χ4v) is 10.3. The van der Waals surface area contributed by atoms with E-state index in [0.29, 0.717) is 66.3 Å². The monoisotopic (exact) mass is 905 g/mol. The molecule has 2 aliphatic rings. The Bertz CT molecular complexity index is 2450. The number of ether oxygens (including phenoxy) is 1. The molecular formula is C38H53N2O15S4+. The van der Waals surface area contributed by atoms with Crippen LogP contribution in [0, 0.1) is 0 Å². The van der Waals surface area contributed by atoms with Gasteiger partial charge in [-0.25, -0.2) is 0 Å². The molecule has 0 aromatic heterocycles. The van der Waals surface area contributed by atoms with Crippen LogP contribution in [-0.4, -0.2) is 117 Å². The summed E-state index contributed by atoms with van der Waals surface area (Å²) in [5, 5.41) is 9.17. The summed E-state index contributed by atoms with van der Waals surface area (Å²) in [7, 11) is -13.3. The van der Waals surface area contributed by atoms with Crippen LogP contribution in [0.25, 0.3) is 0 Å². The molecule has 0 aliphatic carbocycles. The van der Waals surface area contributed by atoms with Gasteiger partial charge in [0, 0.05) is 61.0 Å². The van der Waals surface area contributed by atoms with E-state index in [-0.39, 0.29) is 54.3 Å². The molecule has 0 fully saturated rings. The highest BCUT2D eigenvalue weighted by Crippen LogP contribution is 2.51. The molecule has 21 heteroatoms. The fraction of sp³-hybridized carbons (Fsp3) is 0.526. The van der Waals surface area contributed by atoms with Crippen LogP contribution >= 0.6 is 0 Å². The lowest BCUT2D eigenvalue weighted by atomic mass is 9.75. The highest BCUT2D eigenvalue weighted by molar-refractivity contribution is 7.87. The molecular weight excluding hydrogens is 853 g/mol. The molecule has 0 bridgehead atoms. The zero-order valence-corrected chi connectivity index (χ0v) is 36.9. The standard InChI is InChI=1S/C38H52N2O15S4/c1-37(19-10-24-56(43,44)45)30-26-28(58(48,49)50)15-17-32(30)39(21-8-6-7-14-36(41)42)34(37)12-9-13-35-38(2,20-11-25-57(46,47)54-4)31-27-29(59(51,52)55-5)16-18-33(31)40(35)22-23-53-3/h9,12-13,15-18,26-27H,6-8,10-11,14,19-25H2,1-5H3,(H2-,41,42,43,44,45,48,49,50)/p+1. The van der Waals surface area contributed by atoms with Crippen LogP contribution < -0.4 is 4.90 Å². The molecule has 17 nitrogen and oxygen atoms in total. The minimum Gasteiger partial charge on any atom is -0.481 e. The van der Waals surface area contributed by atoms with E-state index in [2.05, 4.69) is 4.18 Å². The summed E-state index contributed by atoms with van der Waals surface area (Å²) >= 11 is 0. The first-order valence-corrected chi connectivity index (χ1v) is 24.8. The summed E-state index contributed by atoms with van der Waals surface area (Å²) in [4.78, 5) is 12.7. The van der Waals surface area contributed by atoms with Crippen LogP contribution in [0.4, 0.5) is 11.4 Å². The highest BCUT2D eigenvalue weighted by atomic mass is 32.2. The van der Waals surface area contributed by atoms with E-state index in [1.807, 2.05) is 22.5 Å². The van der Waals surface area contributed by atoms with E-state index < -0.39 is 63.0 Å². The number of carboxylic acids is 1. The molecule has 2 aromatic carbocycles. The molecule has 0 saturated carbocycles. The van der Waals surface area contributed by atoms with Crippen molar-refractivity contribution in [3.05, 3.63) is 71.5 Å². The van der Waals surface area contributed by atoms with Crippen molar-refractivity contribution in [2.24, 2.45) is 0 Å². The number of anilines is 1. The van der Waals surface area contributed by atoms with Gasteiger partial charge in [-0.1, -0.05) is 6.08 Å². The Balaban J connectivity index is 1.94. The minimum absolute atomic E-state index is 0.0228. The maximum atomic E-state index is 12.9. The second-order valence-corrected chi connectivity index (χ2v) is 21.4. The van der Waals surface area contributed by atoms with E-state index >= 15 is 0 Å². The Morgan fingerprint density at radius 3 is 2.05 bits per heavy atom. The van der Waals surface area contributed by atoms with Crippen LogP contribution in [0.3, 0.4) is 0 Å². The number of rotatable bonds is 23. The Morgan fingerprint density at radius 2 is 1.44 bits per heavy atom. The molecule has 0 radical (unpaired) electrons. The molecule has 328 valence electrons. The number of allylic oxidation sites excluding steroid dienone is 4. The van der Waals surface area contributed by atoms with Gasteiger partial charge in [0.25, 0.3) is 40.5 Å². The first kappa shape index (κ1) is 48.1. The van der Waals surface area contributed by atoms with E-state index in [0.717, 1.165) is 14.2 Å². The van der Waals surface area contributed by atoms with Crippen LogP contribution in [0.2, 0.25) is 0 Å². The van der Waals surface area contributed by atoms with Gasteiger partial charge in [0.2, 0.25) is 5.69 Å². The van der Waals surface area contributed by atoms with Gasteiger partial charge in [-0.3, -0.25) is 22.3 Å². The third-order valence-corrected chi connectivity index (χ3v) is 15.1. The van der Waals surface area contributed by atoms with Crippen molar-refractivity contribution in [1.82, 2.24) is 0 Å². The SMILES string of the molecule is COCCN1/C(=C/C=C/C2=[N+](CCCCCC(=O)O)c3ccc(S(=O)(=O)O)cc3C2(C)CCCS(=O)(=O)O)C(C)(CCCS(=O)(=O)OC)c2cc(S(=O)(=O)OC)ccc21. The smallest absolute Gasteiger partial charge is 0.303 e. The van der Waals surface area contributed by atoms with Gasteiger partial charge in [-0.15, -0.1) is 0 Å². The second-order valence-electron chi connectivity index (χ2n) is 14.8. The molecule has 0 spiro atoms. The van der Waals surface area contributed by atoms with Gasteiger partial charge in [0.15, 0.2) is 5.71 Å². The average Bonchev–Trinajstić information content (AvgIpc) is 3.52. The Morgan fingerprint density at radius 1 is 0.797 bits per heavy atom. The number of methoxy groups -OCH3 is 1. The lowest BCUT2D eigenvalue weighted by molar-refractivity contribution is -0.438. The molecule has 0 amide bonds. The number of unbranched alkanes of at least 4 members (excludes halogenated alkanes) is 2. The van der Waals surface area contributed by atoms with Crippen molar-refractivity contribution in [2.45, 2.75) is 85.8 Å². The van der Waals surface area contributed by atoms with Crippen LogP contribution in [0.1, 0.15) is 76.3 Å². The van der Waals surface area contributed by atoms with Crippen LogP contribution in [0.15, 0.2) is 70.1 Å². The second kappa shape index (κ2) is 19.0. The normalized spacial score (nSPS) is 20.5. The Kier molecular flexibility index (Phi) is 15.5. The zero-order valence-electron chi connectivity index (χ0n) is 33.7. The van der Waals surface area contributed by atoms with Crippen LogP contribution in [0.5, 0.6) is 0 Å². The number of fused-ring (bicyclic) bond motifs is 2. The van der Waals surface area contributed by atoms with E-state index in [4.69, 9.17) is 14.0 Å². The largest absolute Gasteiger partial charge is 0.481 e. The van der Waals surface area contributed by atoms with E-state index in [9.17, 15) is 47.6 Å². The molecule has 4 rings (SSSR count). The minimum atomic E-state index is -4.65. The predicted molar refractivity (Wildman–Crippen MR) is 220 cm³/mol. The maximum absolute atomic E-state index is 12.9. The Hall–Kier alpha value is -3.54. The molecule has 2 aliphatic heterocycles. The number of benzene rings is 2. The summed E-state index contributed by atoms with van der Waals surface area (Å²) in [6.45, 7) is 4.61. The van der Waals surface area contributed by atoms with Gasteiger partial charge < -0.3 is 14.7 Å². The predicted octanol–water partition coefficient (Wildman–Crippen LogP) is 4.56. The van der Waals surface area contributed by atoms with Gasteiger partial charge in [-0.05, 0) is 94.3 Å². The maximum Gasteiger partial charge on any atom is 0.303 e. The van der Waals surface area contributed by atoms with Gasteiger partial charge in [0.1, 0.15) is 6.54 Å². The van der Waals surface area contributed by atoms with Crippen molar-refractivity contribution >= 4 is 63.5 Å². The number of carboxylic acid groups (broad SMARTS) is 1. The molecule has 2 atom stereocenters. The summed E-state index contributed by atoms with van der Waals surface area (Å²) in [5.74, 6) is -1.81. The van der Waals surface area contributed by atoms with E-state index in [1.165, 1.54) is 31.4 Å². The summed E-state index contributed by atoms with van der Waals surface area (Å²) in [5.41, 5.74) is 1.55. The first-order valence-electron chi connectivity index (χ1n) is 18.8. The molecule has 0 saturated heterocycles. The number of aliphatic carboxylic acids is 1. The van der Waals surface area contributed by atoms with Gasteiger partial charge in [0.05, 0.1) is 47.5 Å². The summed E-state index contributed by atoms with van der Waals surface area (Å²) < 4.78 is 135. The topological polar surface area (TPSA) is 248 Å². The van der Waals surface area contributed by atoms with Crippen molar-refractivity contribution in [1.29, 1.82) is 0 Å². The third kappa shape index (κ3) is 11.4. The quantitative estimate of drug-likeness (QED) is 0.0599.